The fourth-order valence-electron chi connectivity index (χ4n) is 2.07. The topological polar surface area (TPSA) is 64.6 Å². The fourth-order valence-corrected chi connectivity index (χ4v) is 3.23. The molecule has 0 aliphatic heterocycles. The molecule has 0 heterocycles. The average molecular weight is 354 g/mol. The maximum Gasteiger partial charge on any atom is 0.325 e. The molecule has 5 nitrogen and oxygen atoms in total. The van der Waals surface area contributed by atoms with Gasteiger partial charge in [0.1, 0.15) is 12.3 Å². The highest BCUT2D eigenvalue weighted by Gasteiger charge is 2.15. The molecule has 2 rings (SSSR count). The van der Waals surface area contributed by atoms with Crippen LogP contribution in [-0.4, -0.2) is 31.5 Å². The molecule has 1 amide bonds. The van der Waals surface area contributed by atoms with Crippen molar-refractivity contribution in [2.75, 3.05) is 20.3 Å². The van der Waals surface area contributed by atoms with Crippen LogP contribution in [0.5, 0.6) is 5.75 Å². The number of benzene rings is 2. The third-order valence-electron chi connectivity index (χ3n) is 3.00. The third-order valence-corrected chi connectivity index (χ3v) is 4.17. The largest absolute Gasteiger partial charge is 0.495 e. The number of esters is 1. The maximum absolute atomic E-state index is 12.0. The molecule has 0 spiro atoms. The van der Waals surface area contributed by atoms with Crippen LogP contribution in [0.25, 0.3) is 10.8 Å². The predicted molar refractivity (Wildman–Crippen MR) is 91.4 cm³/mol. The van der Waals surface area contributed by atoms with E-state index >= 15 is 0 Å². The molecule has 122 valence electrons. The van der Waals surface area contributed by atoms with Crippen LogP contribution in [0.2, 0.25) is 5.02 Å². The number of carbonyl (C=O) groups excluding carboxylic acids is 2. The molecule has 0 saturated carbocycles. The summed E-state index contributed by atoms with van der Waals surface area (Å²) in [5.41, 5.74) is 0. The number of fused-ring (bicyclic) bond motifs is 1. The van der Waals surface area contributed by atoms with Gasteiger partial charge in [-0.15, -0.1) is 0 Å². The molecule has 0 atom stereocenters. The van der Waals surface area contributed by atoms with Crippen molar-refractivity contribution < 1.29 is 19.1 Å². The van der Waals surface area contributed by atoms with E-state index in [1.807, 2.05) is 24.3 Å². The number of methoxy groups -OCH3 is 1. The van der Waals surface area contributed by atoms with Gasteiger partial charge in [0.2, 0.25) is 0 Å². The summed E-state index contributed by atoms with van der Waals surface area (Å²) in [4.78, 5) is 24.0. The minimum Gasteiger partial charge on any atom is -0.495 e. The van der Waals surface area contributed by atoms with Crippen molar-refractivity contribution in [3.05, 3.63) is 35.4 Å². The zero-order valence-electron chi connectivity index (χ0n) is 12.7. The van der Waals surface area contributed by atoms with Gasteiger partial charge in [-0.1, -0.05) is 35.9 Å². The summed E-state index contributed by atoms with van der Waals surface area (Å²) in [5, 5.41) is 4.24. The minimum atomic E-state index is -0.473. The molecular formula is C16H16ClNO4S. The van der Waals surface area contributed by atoms with Crippen molar-refractivity contribution in [2.45, 2.75) is 11.8 Å². The maximum atomic E-state index is 12.0. The van der Waals surface area contributed by atoms with Gasteiger partial charge in [0.05, 0.1) is 18.7 Å². The molecule has 2 aromatic rings. The Balaban J connectivity index is 2.20. The lowest BCUT2D eigenvalue weighted by Crippen LogP contribution is -2.27. The van der Waals surface area contributed by atoms with Crippen LogP contribution >= 0.6 is 23.4 Å². The molecule has 0 saturated heterocycles. The number of amides is 1. The van der Waals surface area contributed by atoms with Crippen LogP contribution in [0, 0.1) is 0 Å². The van der Waals surface area contributed by atoms with Crippen molar-refractivity contribution in [2.24, 2.45) is 0 Å². The van der Waals surface area contributed by atoms with E-state index in [4.69, 9.17) is 21.1 Å². The second kappa shape index (κ2) is 8.08. The second-order valence-electron chi connectivity index (χ2n) is 4.48. The van der Waals surface area contributed by atoms with E-state index in [1.165, 1.54) is 0 Å². The van der Waals surface area contributed by atoms with Gasteiger partial charge in [-0.25, -0.2) is 0 Å². The first-order valence-corrected chi connectivity index (χ1v) is 8.12. The molecule has 0 aliphatic carbocycles. The second-order valence-corrected chi connectivity index (χ2v) is 5.91. The van der Waals surface area contributed by atoms with Crippen LogP contribution < -0.4 is 10.1 Å². The lowest BCUT2D eigenvalue weighted by molar-refractivity contribution is -0.141. The number of hydrogen-bond donors (Lipinski definition) is 1. The molecule has 0 radical (unpaired) electrons. The van der Waals surface area contributed by atoms with Gasteiger partial charge in [-0.05, 0) is 30.1 Å². The highest BCUT2D eigenvalue weighted by molar-refractivity contribution is 8.13. The Morgan fingerprint density at radius 2 is 1.96 bits per heavy atom. The van der Waals surface area contributed by atoms with Crippen molar-refractivity contribution in [3.63, 3.8) is 0 Å². The fraction of sp³-hybridized carbons (Fsp3) is 0.250. The highest BCUT2D eigenvalue weighted by Crippen LogP contribution is 2.39. The summed E-state index contributed by atoms with van der Waals surface area (Å²) in [6.45, 7) is 1.82. The van der Waals surface area contributed by atoms with Gasteiger partial charge in [0.15, 0.2) is 0 Å². The number of hydrogen-bond acceptors (Lipinski definition) is 5. The lowest BCUT2D eigenvalue weighted by Gasteiger charge is -2.12. The van der Waals surface area contributed by atoms with Gasteiger partial charge in [-0.3, -0.25) is 9.59 Å². The summed E-state index contributed by atoms with van der Waals surface area (Å²) in [5.74, 6) is 0.0950. The summed E-state index contributed by atoms with van der Waals surface area (Å²) >= 11 is 7.19. The van der Waals surface area contributed by atoms with Crippen LogP contribution in [0.3, 0.4) is 0 Å². The summed E-state index contributed by atoms with van der Waals surface area (Å²) in [7, 11) is 1.55. The average Bonchev–Trinajstić information content (AvgIpc) is 2.53. The van der Waals surface area contributed by atoms with Crippen LogP contribution in [-0.2, 0) is 9.53 Å². The van der Waals surface area contributed by atoms with Crippen LogP contribution in [0.1, 0.15) is 6.92 Å². The first-order chi connectivity index (χ1) is 11.1. The smallest absolute Gasteiger partial charge is 0.325 e. The normalized spacial score (nSPS) is 10.4. The molecule has 7 heteroatoms. The van der Waals surface area contributed by atoms with Crippen molar-refractivity contribution in [3.8, 4) is 5.75 Å². The molecule has 1 N–H and O–H groups in total. The molecule has 0 fully saturated rings. The van der Waals surface area contributed by atoms with Gasteiger partial charge >= 0.3 is 5.97 Å². The lowest BCUT2D eigenvalue weighted by atomic mass is 10.1. The predicted octanol–water partition coefficient (Wildman–Crippen LogP) is 3.87. The third kappa shape index (κ3) is 4.30. The van der Waals surface area contributed by atoms with Crippen LogP contribution in [0.4, 0.5) is 4.79 Å². The van der Waals surface area contributed by atoms with E-state index in [0.29, 0.717) is 15.7 Å². The number of ether oxygens (including phenoxy) is 2. The van der Waals surface area contributed by atoms with Crippen molar-refractivity contribution >= 4 is 45.3 Å². The Morgan fingerprint density at radius 1 is 1.26 bits per heavy atom. The monoisotopic (exact) mass is 353 g/mol. The van der Waals surface area contributed by atoms with E-state index < -0.39 is 5.97 Å². The number of halogens is 1. The SMILES string of the molecule is CCOC(=O)CNC(=O)Sc1cc(Cl)c(OC)c2ccccc12. The van der Waals surface area contributed by atoms with Crippen molar-refractivity contribution in [1.29, 1.82) is 0 Å². The molecular weight excluding hydrogens is 338 g/mol. The minimum absolute atomic E-state index is 0.165. The summed E-state index contributed by atoms with van der Waals surface area (Å²) in [6, 6.07) is 9.18. The molecule has 23 heavy (non-hydrogen) atoms. The molecule has 0 unspecified atom stereocenters. The number of thioether (sulfide) groups is 1. The van der Waals surface area contributed by atoms with E-state index in [-0.39, 0.29) is 18.4 Å². The van der Waals surface area contributed by atoms with E-state index in [0.717, 1.165) is 22.5 Å². The quantitative estimate of drug-likeness (QED) is 0.653. The van der Waals surface area contributed by atoms with E-state index in [9.17, 15) is 9.59 Å². The first kappa shape index (κ1) is 17.4. The summed E-state index contributed by atoms with van der Waals surface area (Å²) in [6.07, 6.45) is 0. The molecule has 0 aliphatic rings. The Kier molecular flexibility index (Phi) is 6.12. The van der Waals surface area contributed by atoms with Crippen molar-refractivity contribution in [1.82, 2.24) is 5.32 Å². The highest BCUT2D eigenvalue weighted by atomic mass is 35.5. The van der Waals surface area contributed by atoms with E-state index in [1.54, 1.807) is 20.1 Å². The first-order valence-electron chi connectivity index (χ1n) is 6.93. The van der Waals surface area contributed by atoms with Gasteiger partial charge < -0.3 is 14.8 Å². The Bertz CT molecular complexity index is 735. The Morgan fingerprint density at radius 3 is 2.61 bits per heavy atom. The number of rotatable bonds is 5. The molecule has 0 aromatic heterocycles. The van der Waals surface area contributed by atoms with Gasteiger partial charge in [0, 0.05) is 10.3 Å². The molecule has 2 aromatic carbocycles. The van der Waals surface area contributed by atoms with Gasteiger partial charge in [0.25, 0.3) is 5.24 Å². The Labute approximate surface area is 143 Å². The zero-order valence-corrected chi connectivity index (χ0v) is 14.3. The Hall–Kier alpha value is -1.92. The zero-order chi connectivity index (χ0) is 16.8. The number of carbonyl (C=O) groups is 2. The standard InChI is InChI=1S/C16H16ClNO4S/c1-3-22-14(19)9-18-16(20)23-13-8-12(17)15(21-2)11-7-5-4-6-10(11)13/h4-8H,3,9H2,1-2H3,(H,18,20). The van der Waals surface area contributed by atoms with Gasteiger partial charge in [-0.2, -0.15) is 0 Å². The summed E-state index contributed by atoms with van der Waals surface area (Å²) < 4.78 is 10.1. The van der Waals surface area contributed by atoms with E-state index in [2.05, 4.69) is 5.32 Å². The molecule has 0 bridgehead atoms. The van der Waals surface area contributed by atoms with Crippen LogP contribution in [0.15, 0.2) is 35.2 Å². The number of nitrogens with one attached hydrogen (secondary N) is 1.